The van der Waals surface area contributed by atoms with Crippen molar-refractivity contribution in [1.29, 1.82) is 0 Å². The minimum absolute atomic E-state index is 0.726. The van der Waals surface area contributed by atoms with Gasteiger partial charge in [0, 0.05) is 0 Å². The van der Waals surface area contributed by atoms with E-state index in [1.54, 1.807) is 0 Å². The van der Waals surface area contributed by atoms with E-state index in [2.05, 4.69) is 17.2 Å². The lowest BCUT2D eigenvalue weighted by molar-refractivity contribution is 0.486. The zero-order valence-electron chi connectivity index (χ0n) is 11.8. The molecule has 0 bridgehead atoms. The molecule has 0 aliphatic carbocycles. The lowest BCUT2D eigenvalue weighted by Gasteiger charge is -2.02. The first-order valence-corrected chi connectivity index (χ1v) is 7.45. The largest absolute Gasteiger partial charge is 0.439 e. The molecule has 0 saturated heterocycles. The zero-order valence-corrected chi connectivity index (χ0v) is 11.8. The summed E-state index contributed by atoms with van der Waals surface area (Å²) in [5, 5.41) is 3.40. The number of nitrogens with one attached hydrogen (secondary N) is 1. The molecule has 1 aromatic carbocycles. The molecule has 0 aliphatic heterocycles. The van der Waals surface area contributed by atoms with Crippen molar-refractivity contribution in [2.75, 3.05) is 6.54 Å². The molecule has 0 saturated carbocycles. The summed E-state index contributed by atoms with van der Waals surface area (Å²) in [6.45, 7) is 4.02. The van der Waals surface area contributed by atoms with E-state index in [0.717, 1.165) is 30.1 Å². The second-order valence-corrected chi connectivity index (χ2v) is 5.02. The van der Waals surface area contributed by atoms with E-state index in [9.17, 15) is 0 Å². The van der Waals surface area contributed by atoms with Crippen LogP contribution in [0.1, 0.15) is 51.3 Å². The number of nitrogens with zero attached hydrogens (tertiary/aromatic N) is 1. The topological polar surface area (TPSA) is 38.1 Å². The Bertz CT molecular complexity index is 445. The smallest absolute Gasteiger partial charge is 0.209 e. The van der Waals surface area contributed by atoms with Crippen molar-refractivity contribution in [3.05, 3.63) is 30.2 Å². The molecule has 19 heavy (non-hydrogen) atoms. The number of aromatic nitrogens is 1. The van der Waals surface area contributed by atoms with E-state index >= 15 is 0 Å². The minimum Gasteiger partial charge on any atom is -0.439 e. The molecule has 0 amide bonds. The van der Waals surface area contributed by atoms with Crippen molar-refractivity contribution in [3.8, 4) is 0 Å². The molecule has 0 fully saturated rings. The summed E-state index contributed by atoms with van der Waals surface area (Å²) in [7, 11) is 0. The van der Waals surface area contributed by atoms with Crippen LogP contribution in [-0.4, -0.2) is 11.5 Å². The van der Waals surface area contributed by atoms with Crippen LogP contribution in [0.4, 0.5) is 0 Å². The van der Waals surface area contributed by atoms with Crippen molar-refractivity contribution in [2.24, 2.45) is 0 Å². The van der Waals surface area contributed by atoms with Crippen LogP contribution in [0.3, 0.4) is 0 Å². The number of fused-ring (bicyclic) bond motifs is 1. The normalized spacial score (nSPS) is 11.2. The molecule has 1 N–H and O–H groups in total. The average molecular weight is 260 g/mol. The van der Waals surface area contributed by atoms with Gasteiger partial charge in [-0.05, 0) is 25.1 Å². The Balaban J connectivity index is 1.60. The predicted molar refractivity (Wildman–Crippen MR) is 79.1 cm³/mol. The fraction of sp³-hybridized carbons (Fsp3) is 0.562. The average Bonchev–Trinajstić information content (AvgIpc) is 2.84. The Kier molecular flexibility index (Phi) is 5.89. The van der Waals surface area contributed by atoms with Gasteiger partial charge in [-0.1, -0.05) is 51.2 Å². The van der Waals surface area contributed by atoms with Crippen LogP contribution in [0.2, 0.25) is 0 Å². The predicted octanol–water partition coefficient (Wildman–Crippen LogP) is 4.28. The second-order valence-electron chi connectivity index (χ2n) is 5.02. The first-order valence-electron chi connectivity index (χ1n) is 7.45. The third-order valence-electron chi connectivity index (χ3n) is 3.32. The van der Waals surface area contributed by atoms with Crippen LogP contribution in [0.25, 0.3) is 11.1 Å². The summed E-state index contributed by atoms with van der Waals surface area (Å²) in [6, 6.07) is 7.90. The maximum absolute atomic E-state index is 5.65. The molecule has 3 nitrogen and oxygen atoms in total. The molecule has 0 radical (unpaired) electrons. The fourth-order valence-electron chi connectivity index (χ4n) is 2.22. The van der Waals surface area contributed by atoms with E-state index in [0.29, 0.717) is 0 Å². The molecule has 0 aliphatic rings. The van der Waals surface area contributed by atoms with Crippen LogP contribution in [0.5, 0.6) is 0 Å². The first-order chi connectivity index (χ1) is 9.40. The van der Waals surface area contributed by atoms with Gasteiger partial charge in [0.25, 0.3) is 0 Å². The van der Waals surface area contributed by atoms with Gasteiger partial charge < -0.3 is 9.73 Å². The molecule has 2 rings (SSSR count). The third kappa shape index (κ3) is 4.67. The zero-order chi connectivity index (χ0) is 13.3. The van der Waals surface area contributed by atoms with Gasteiger partial charge in [-0.15, -0.1) is 0 Å². The molecule has 0 spiro atoms. The van der Waals surface area contributed by atoms with Crippen LogP contribution < -0.4 is 5.32 Å². The maximum atomic E-state index is 5.65. The van der Waals surface area contributed by atoms with E-state index in [1.807, 2.05) is 24.3 Å². The van der Waals surface area contributed by atoms with E-state index in [-0.39, 0.29) is 0 Å². The van der Waals surface area contributed by atoms with Gasteiger partial charge in [-0.2, -0.15) is 0 Å². The van der Waals surface area contributed by atoms with Crippen LogP contribution in [0, 0.1) is 0 Å². The SMILES string of the molecule is CCCCCCCCNCc1nc2ccccc2o1. The van der Waals surface area contributed by atoms with Gasteiger partial charge in [-0.3, -0.25) is 0 Å². The molecule has 0 atom stereocenters. The van der Waals surface area contributed by atoms with Crippen molar-refractivity contribution in [2.45, 2.75) is 52.0 Å². The summed E-state index contributed by atoms with van der Waals surface area (Å²) in [5.74, 6) is 0.784. The number of rotatable bonds is 9. The van der Waals surface area contributed by atoms with E-state index < -0.39 is 0 Å². The Morgan fingerprint density at radius 2 is 1.84 bits per heavy atom. The molecule has 1 aromatic heterocycles. The van der Waals surface area contributed by atoms with Crippen molar-refractivity contribution < 1.29 is 4.42 Å². The van der Waals surface area contributed by atoms with Crippen molar-refractivity contribution in [3.63, 3.8) is 0 Å². The number of hydrogen-bond donors (Lipinski definition) is 1. The molecule has 104 valence electrons. The molecule has 3 heteroatoms. The summed E-state index contributed by atoms with van der Waals surface area (Å²) in [4.78, 5) is 4.44. The van der Waals surface area contributed by atoms with Gasteiger partial charge in [0.05, 0.1) is 6.54 Å². The van der Waals surface area contributed by atoms with Gasteiger partial charge in [0.2, 0.25) is 5.89 Å². The van der Waals surface area contributed by atoms with E-state index in [1.165, 1.54) is 38.5 Å². The van der Waals surface area contributed by atoms with Gasteiger partial charge in [0.1, 0.15) is 5.52 Å². The highest BCUT2D eigenvalue weighted by atomic mass is 16.3. The maximum Gasteiger partial charge on any atom is 0.209 e. The molecular weight excluding hydrogens is 236 g/mol. The quantitative estimate of drug-likeness (QED) is 0.684. The number of benzene rings is 1. The molecule has 2 aromatic rings. The Morgan fingerprint density at radius 3 is 2.68 bits per heavy atom. The highest BCUT2D eigenvalue weighted by Gasteiger charge is 2.03. The van der Waals surface area contributed by atoms with Gasteiger partial charge >= 0.3 is 0 Å². The Labute approximate surface area is 115 Å². The highest BCUT2D eigenvalue weighted by molar-refractivity contribution is 5.72. The van der Waals surface area contributed by atoms with Crippen molar-refractivity contribution >= 4 is 11.1 Å². The second kappa shape index (κ2) is 7.95. The van der Waals surface area contributed by atoms with Crippen molar-refractivity contribution in [1.82, 2.24) is 10.3 Å². The monoisotopic (exact) mass is 260 g/mol. The Morgan fingerprint density at radius 1 is 1.05 bits per heavy atom. The molecular formula is C16H24N2O. The summed E-state index contributed by atoms with van der Waals surface area (Å²) >= 11 is 0. The summed E-state index contributed by atoms with van der Waals surface area (Å²) in [6.07, 6.45) is 7.98. The van der Waals surface area contributed by atoms with Crippen LogP contribution >= 0.6 is 0 Å². The standard InChI is InChI=1S/C16H24N2O/c1-2-3-4-5-6-9-12-17-13-16-18-14-10-7-8-11-15(14)19-16/h7-8,10-11,17H,2-6,9,12-13H2,1H3. The van der Waals surface area contributed by atoms with E-state index in [4.69, 9.17) is 4.42 Å². The lowest BCUT2D eigenvalue weighted by atomic mass is 10.1. The number of hydrogen-bond acceptors (Lipinski definition) is 3. The summed E-state index contributed by atoms with van der Waals surface area (Å²) in [5.41, 5.74) is 1.82. The van der Waals surface area contributed by atoms with Gasteiger partial charge in [0.15, 0.2) is 5.58 Å². The minimum atomic E-state index is 0.726. The van der Waals surface area contributed by atoms with Gasteiger partial charge in [-0.25, -0.2) is 4.98 Å². The van der Waals surface area contributed by atoms with Crippen LogP contribution in [0.15, 0.2) is 28.7 Å². The number of oxazole rings is 1. The highest BCUT2D eigenvalue weighted by Crippen LogP contribution is 2.14. The Hall–Kier alpha value is -1.35. The van der Waals surface area contributed by atoms with Crippen LogP contribution in [-0.2, 0) is 6.54 Å². The summed E-state index contributed by atoms with van der Waals surface area (Å²) < 4.78 is 5.65. The molecule has 0 unspecified atom stereocenters. The lowest BCUT2D eigenvalue weighted by Crippen LogP contribution is -2.14. The molecule has 1 heterocycles. The fourth-order valence-corrected chi connectivity index (χ4v) is 2.22. The number of para-hydroxylation sites is 2. The number of unbranched alkanes of at least 4 members (excludes halogenated alkanes) is 5. The first kappa shape index (κ1) is 14.1. The third-order valence-corrected chi connectivity index (χ3v) is 3.32.